The van der Waals surface area contributed by atoms with Gasteiger partial charge in [-0.25, -0.2) is 0 Å². The fourth-order valence-corrected chi connectivity index (χ4v) is 0. The van der Waals surface area contributed by atoms with Gasteiger partial charge < -0.3 is 11.0 Å². The molecule has 0 amide bonds. The predicted molar refractivity (Wildman–Crippen MR) is 21.5 cm³/mol. The van der Waals surface area contributed by atoms with E-state index in [1.807, 2.05) is 0 Å². The van der Waals surface area contributed by atoms with Gasteiger partial charge in [0.2, 0.25) is 0 Å². The molecular weight excluding hydrogens is 110 g/mol. The van der Waals surface area contributed by atoms with Crippen LogP contribution < -0.4 is 0 Å². The van der Waals surface area contributed by atoms with E-state index in [1.165, 1.54) is 0 Å². The normalized spacial score (nSPS) is 0. The Morgan fingerprint density at radius 3 is 0.500 bits per heavy atom. The van der Waals surface area contributed by atoms with Crippen LogP contribution in [-0.2, 0) is 0 Å². The van der Waals surface area contributed by atoms with E-state index in [0.717, 1.165) is 0 Å². The second-order valence-corrected chi connectivity index (χ2v) is 0. The fraction of sp³-hybridized carbons (Fsp3) is 0. The first-order valence-electron chi connectivity index (χ1n) is 0. The van der Waals surface area contributed by atoms with Gasteiger partial charge in [-0.3, -0.25) is 0 Å². The monoisotopic (exact) mass is 116 g/mol. The van der Waals surface area contributed by atoms with Crippen LogP contribution in [-0.4, -0.2) is 114 Å². The van der Waals surface area contributed by atoms with Gasteiger partial charge in [-0.05, 0) is 0 Å². The van der Waals surface area contributed by atoms with Crippen molar-refractivity contribution >= 4 is 103 Å². The molecule has 0 radical (unpaired) electrons. The zero-order chi connectivity index (χ0) is 0. The van der Waals surface area contributed by atoms with Crippen molar-refractivity contribution in [3.05, 3.63) is 0 Å². The van der Waals surface area contributed by atoms with Crippen molar-refractivity contribution in [3.63, 3.8) is 0 Å². The van der Waals surface area contributed by atoms with E-state index in [0.29, 0.717) is 0 Å². The van der Waals surface area contributed by atoms with Crippen LogP contribution in [0.25, 0.3) is 0 Å². The third-order valence-electron chi connectivity index (χ3n) is 0. The van der Waals surface area contributed by atoms with E-state index in [4.69, 9.17) is 0 Å². The topological polar surface area (TPSA) is 63.0 Å². The van der Waals surface area contributed by atoms with Crippen molar-refractivity contribution in [1.82, 2.24) is 0 Å². The van der Waals surface area contributed by atoms with Crippen molar-refractivity contribution in [3.8, 4) is 0 Å². The average molecular weight is 116 g/mol. The summed E-state index contributed by atoms with van der Waals surface area (Å²) >= 11 is 0. The van der Waals surface area contributed by atoms with Crippen LogP contribution in [0, 0.1) is 0 Å². The van der Waals surface area contributed by atoms with Gasteiger partial charge in [0.05, 0.1) is 0 Å². The molecule has 0 aliphatic heterocycles. The first-order valence-corrected chi connectivity index (χ1v) is 0. The van der Waals surface area contributed by atoms with E-state index in [-0.39, 0.29) is 114 Å². The minimum absolute atomic E-state index is 0. The van der Waals surface area contributed by atoms with Gasteiger partial charge >= 0.3 is 103 Å². The minimum atomic E-state index is 0. The Labute approximate surface area is 110 Å². The number of hydrogen-bond acceptors (Lipinski definition) is 0. The predicted octanol–water partition coefficient (Wildman–Crippen LogP) is -2.95. The third-order valence-corrected chi connectivity index (χ3v) is 0. The van der Waals surface area contributed by atoms with Crippen LogP contribution in [0.3, 0.4) is 0 Å². The maximum atomic E-state index is 0. The van der Waals surface area contributed by atoms with Gasteiger partial charge in [-0.2, -0.15) is 0 Å². The summed E-state index contributed by atoms with van der Waals surface area (Å²) in [5, 5.41) is 0. The van der Waals surface area contributed by atoms with Gasteiger partial charge in [0.25, 0.3) is 0 Å². The van der Waals surface area contributed by atoms with Gasteiger partial charge in [0, 0.05) is 0 Å². The van der Waals surface area contributed by atoms with E-state index < -0.39 is 0 Å². The van der Waals surface area contributed by atoms with E-state index in [2.05, 4.69) is 0 Å². The van der Waals surface area contributed by atoms with Crippen LogP contribution in [0.1, 0.15) is 0 Å². The molecule has 20 valence electrons. The van der Waals surface area contributed by atoms with Crippen molar-refractivity contribution in [1.29, 1.82) is 0 Å². The Balaban J connectivity index is 0. The molecule has 0 atom stereocenters. The number of rotatable bonds is 0. The average Bonchev–Trinajstić information content (AvgIpc) is 0. The summed E-state index contributed by atoms with van der Waals surface area (Å²) in [4.78, 5) is 0. The molecule has 0 aliphatic carbocycles. The van der Waals surface area contributed by atoms with Crippen LogP contribution in [0.5, 0.6) is 0 Å². The molecule has 4 N–H and O–H groups in total. The summed E-state index contributed by atoms with van der Waals surface area (Å²) < 4.78 is 0. The van der Waals surface area contributed by atoms with Gasteiger partial charge in [-0.15, -0.1) is 0 Å². The SMILES string of the molecule is O.O.[KH].[KH]. The molecule has 4 heteroatoms. The van der Waals surface area contributed by atoms with E-state index in [9.17, 15) is 0 Å². The Morgan fingerprint density at radius 1 is 0.500 bits per heavy atom. The quantitative estimate of drug-likeness (QED) is 0.304. The zero-order valence-electron chi connectivity index (χ0n) is 1.00. The van der Waals surface area contributed by atoms with Crippen molar-refractivity contribution in [2.24, 2.45) is 0 Å². The first-order chi connectivity index (χ1) is 0. The Morgan fingerprint density at radius 2 is 0.500 bits per heavy atom. The van der Waals surface area contributed by atoms with Crippen LogP contribution >= 0.6 is 0 Å². The van der Waals surface area contributed by atoms with Crippen LogP contribution in [0.2, 0.25) is 0 Å². The Kier molecular flexibility index (Phi) is 111. The Hall–Kier alpha value is 3.19. The first kappa shape index (κ1) is 27.1. The van der Waals surface area contributed by atoms with E-state index in [1.54, 1.807) is 0 Å². The molecule has 0 aromatic heterocycles. The summed E-state index contributed by atoms with van der Waals surface area (Å²) in [6.45, 7) is 0. The van der Waals surface area contributed by atoms with Crippen molar-refractivity contribution in [2.75, 3.05) is 0 Å². The standard InChI is InChI=1S/2K.2H2O.2H/h;;2*1H2;;. The molecule has 0 rings (SSSR count). The second-order valence-electron chi connectivity index (χ2n) is 0. The summed E-state index contributed by atoms with van der Waals surface area (Å²) in [6.07, 6.45) is 0. The molecule has 0 fully saturated rings. The molecule has 0 saturated heterocycles. The molecular formula is H6K2O2. The zero-order valence-corrected chi connectivity index (χ0v) is 1.00. The fourth-order valence-electron chi connectivity index (χ4n) is 0. The van der Waals surface area contributed by atoms with Crippen molar-refractivity contribution in [2.45, 2.75) is 0 Å². The molecule has 2 nitrogen and oxygen atoms in total. The molecule has 0 aliphatic rings. The van der Waals surface area contributed by atoms with Crippen LogP contribution in [0.4, 0.5) is 0 Å². The van der Waals surface area contributed by atoms with Crippen LogP contribution in [0.15, 0.2) is 0 Å². The third kappa shape index (κ3) is 8.95. The summed E-state index contributed by atoms with van der Waals surface area (Å²) in [6, 6.07) is 0. The molecule has 4 heavy (non-hydrogen) atoms. The van der Waals surface area contributed by atoms with Crippen molar-refractivity contribution < 1.29 is 11.0 Å². The molecule has 0 spiro atoms. The molecule has 0 aromatic rings. The molecule has 0 bridgehead atoms. The van der Waals surface area contributed by atoms with Gasteiger partial charge in [0.15, 0.2) is 0 Å². The summed E-state index contributed by atoms with van der Waals surface area (Å²) in [5.74, 6) is 0. The second kappa shape index (κ2) is 16.4. The molecule has 0 aromatic carbocycles. The molecule has 0 heterocycles. The maximum absolute atomic E-state index is 0. The van der Waals surface area contributed by atoms with Gasteiger partial charge in [-0.1, -0.05) is 0 Å². The summed E-state index contributed by atoms with van der Waals surface area (Å²) in [7, 11) is 0. The van der Waals surface area contributed by atoms with E-state index >= 15 is 0 Å². The van der Waals surface area contributed by atoms with Gasteiger partial charge in [0.1, 0.15) is 0 Å². The summed E-state index contributed by atoms with van der Waals surface area (Å²) in [5.41, 5.74) is 0. The number of hydrogen-bond donors (Lipinski definition) is 0. The molecule has 0 saturated carbocycles. The molecule has 0 unspecified atom stereocenters. The Bertz CT molecular complexity index is 4.00.